The third-order valence-electron chi connectivity index (χ3n) is 3.03. The van der Waals surface area contributed by atoms with E-state index < -0.39 is 5.91 Å². The first-order chi connectivity index (χ1) is 10.5. The summed E-state index contributed by atoms with van der Waals surface area (Å²) in [5.74, 6) is -0.870. The molecule has 2 rings (SSSR count). The summed E-state index contributed by atoms with van der Waals surface area (Å²) in [6, 6.07) is 0. The number of hydrogen-bond acceptors (Lipinski definition) is 4. The predicted octanol–water partition coefficient (Wildman–Crippen LogP) is 1.38. The lowest BCUT2D eigenvalue weighted by molar-refractivity contribution is 0.0958. The number of hydrogen-bond donors (Lipinski definition) is 2. The Morgan fingerprint density at radius 2 is 1.68 bits per heavy atom. The molecule has 2 aromatic heterocycles. The summed E-state index contributed by atoms with van der Waals surface area (Å²) in [5, 5.41) is 13.6. The minimum Gasteiger partial charge on any atom is -0.354 e. The van der Waals surface area contributed by atoms with E-state index in [1.807, 2.05) is 13.8 Å². The van der Waals surface area contributed by atoms with Crippen LogP contribution in [-0.2, 0) is 13.1 Å². The Labute approximate surface area is 132 Å². The maximum atomic E-state index is 12.3. The number of carbonyl (C=O) groups is 2. The van der Waals surface area contributed by atoms with Gasteiger partial charge in [0.15, 0.2) is 11.4 Å². The number of rotatable bonds is 5. The smallest absolute Gasteiger partial charge is 0.277 e. The molecule has 0 aliphatic rings. The van der Waals surface area contributed by atoms with Gasteiger partial charge in [-0.15, -0.1) is 0 Å². The van der Waals surface area contributed by atoms with Gasteiger partial charge in [-0.05, 0) is 13.8 Å². The highest BCUT2D eigenvalue weighted by molar-refractivity contribution is 6.34. The lowest BCUT2D eigenvalue weighted by atomic mass is 10.3. The van der Waals surface area contributed by atoms with Crippen LogP contribution in [0.4, 0.5) is 5.69 Å². The fourth-order valence-corrected chi connectivity index (χ4v) is 2.09. The number of halogens is 1. The number of anilines is 1. The first-order valence-electron chi connectivity index (χ1n) is 6.83. The largest absolute Gasteiger partial charge is 0.354 e. The van der Waals surface area contributed by atoms with Gasteiger partial charge in [-0.3, -0.25) is 19.0 Å². The molecule has 0 aromatic carbocycles. The molecule has 0 bridgehead atoms. The predicted molar refractivity (Wildman–Crippen MR) is 82.2 cm³/mol. The van der Waals surface area contributed by atoms with E-state index in [1.165, 1.54) is 7.05 Å². The van der Waals surface area contributed by atoms with Crippen molar-refractivity contribution in [1.82, 2.24) is 24.9 Å². The maximum Gasteiger partial charge on any atom is 0.277 e. The third kappa shape index (κ3) is 3.11. The molecule has 0 aliphatic carbocycles. The zero-order valence-electron chi connectivity index (χ0n) is 12.6. The van der Waals surface area contributed by atoms with Crippen molar-refractivity contribution in [2.45, 2.75) is 26.9 Å². The van der Waals surface area contributed by atoms with Crippen LogP contribution in [0.2, 0.25) is 5.02 Å². The maximum absolute atomic E-state index is 12.3. The molecule has 0 radical (unpaired) electrons. The van der Waals surface area contributed by atoms with E-state index in [0.29, 0.717) is 18.8 Å². The molecule has 0 saturated heterocycles. The van der Waals surface area contributed by atoms with Crippen LogP contribution in [0, 0.1) is 0 Å². The minimum absolute atomic E-state index is 0.107. The molecule has 0 spiro atoms. The first-order valence-corrected chi connectivity index (χ1v) is 7.21. The molecule has 0 aliphatic heterocycles. The number of nitrogens with zero attached hydrogens (tertiary/aromatic N) is 4. The van der Waals surface area contributed by atoms with E-state index in [1.54, 1.807) is 21.8 Å². The fraction of sp³-hybridized carbons (Fsp3) is 0.385. The SMILES string of the molecule is CCn1cc(Cl)c(C(=O)Nc2cn(CC)nc2C(=O)NC)n1. The highest BCUT2D eigenvalue weighted by atomic mass is 35.5. The van der Waals surface area contributed by atoms with Crippen molar-refractivity contribution in [3.63, 3.8) is 0 Å². The molecule has 2 aromatic rings. The van der Waals surface area contributed by atoms with Gasteiger partial charge in [0.1, 0.15) is 0 Å². The molecular weight excluding hydrogens is 308 g/mol. The van der Waals surface area contributed by atoms with E-state index >= 15 is 0 Å². The summed E-state index contributed by atoms with van der Waals surface area (Å²) in [6.07, 6.45) is 3.17. The van der Waals surface area contributed by atoms with Gasteiger partial charge in [-0.2, -0.15) is 10.2 Å². The van der Waals surface area contributed by atoms with E-state index in [0.717, 1.165) is 0 Å². The van der Waals surface area contributed by atoms with Crippen molar-refractivity contribution >= 4 is 29.1 Å². The first kappa shape index (κ1) is 16.0. The van der Waals surface area contributed by atoms with Crippen LogP contribution in [0.15, 0.2) is 12.4 Å². The van der Waals surface area contributed by atoms with E-state index in [4.69, 9.17) is 11.6 Å². The van der Waals surface area contributed by atoms with Crippen molar-refractivity contribution in [3.05, 3.63) is 28.8 Å². The van der Waals surface area contributed by atoms with Crippen molar-refractivity contribution < 1.29 is 9.59 Å². The molecule has 0 atom stereocenters. The van der Waals surface area contributed by atoms with E-state index in [-0.39, 0.29) is 22.3 Å². The molecule has 0 fully saturated rings. The lowest BCUT2D eigenvalue weighted by Crippen LogP contribution is -2.22. The highest BCUT2D eigenvalue weighted by Crippen LogP contribution is 2.18. The average molecular weight is 325 g/mol. The molecule has 8 nitrogen and oxygen atoms in total. The second-order valence-corrected chi connectivity index (χ2v) is 4.87. The van der Waals surface area contributed by atoms with Crippen LogP contribution in [0.5, 0.6) is 0 Å². The normalized spacial score (nSPS) is 10.5. The van der Waals surface area contributed by atoms with E-state index in [2.05, 4.69) is 20.8 Å². The van der Waals surface area contributed by atoms with Gasteiger partial charge in [0.05, 0.1) is 10.7 Å². The number of nitrogens with one attached hydrogen (secondary N) is 2. The van der Waals surface area contributed by atoms with Gasteiger partial charge in [0.2, 0.25) is 0 Å². The minimum atomic E-state index is -0.488. The summed E-state index contributed by atoms with van der Waals surface area (Å²) in [5.41, 5.74) is 0.563. The van der Waals surface area contributed by atoms with Crippen molar-refractivity contribution in [3.8, 4) is 0 Å². The van der Waals surface area contributed by atoms with Crippen LogP contribution >= 0.6 is 11.6 Å². The standard InChI is InChI=1S/C13H17ClN6O2/c1-4-19-6-8(14)10(17-19)13(22)16-9-7-20(5-2)18-11(9)12(21)15-3/h6-7H,4-5H2,1-3H3,(H,15,21)(H,16,22). The molecule has 0 saturated carbocycles. The summed E-state index contributed by atoms with van der Waals surface area (Å²) in [4.78, 5) is 24.1. The number of amides is 2. The van der Waals surface area contributed by atoms with Gasteiger partial charge in [-0.25, -0.2) is 0 Å². The molecule has 2 N–H and O–H groups in total. The molecule has 22 heavy (non-hydrogen) atoms. The summed E-state index contributed by atoms with van der Waals surface area (Å²) < 4.78 is 3.12. The van der Waals surface area contributed by atoms with Gasteiger partial charge in [0.25, 0.3) is 11.8 Å². The summed E-state index contributed by atoms with van der Waals surface area (Å²) in [7, 11) is 1.50. The molecular formula is C13H17ClN6O2. The second-order valence-electron chi connectivity index (χ2n) is 4.46. The fourth-order valence-electron chi connectivity index (χ4n) is 1.86. The molecule has 2 heterocycles. The lowest BCUT2D eigenvalue weighted by Gasteiger charge is -2.03. The molecule has 2 amide bonds. The quantitative estimate of drug-likeness (QED) is 0.869. The number of carbonyl (C=O) groups excluding carboxylic acids is 2. The monoisotopic (exact) mass is 324 g/mol. The Kier molecular flexibility index (Phi) is 4.81. The van der Waals surface area contributed by atoms with Crippen LogP contribution in [0.1, 0.15) is 34.8 Å². The Bertz CT molecular complexity index is 705. The van der Waals surface area contributed by atoms with Crippen molar-refractivity contribution in [2.24, 2.45) is 0 Å². The van der Waals surface area contributed by atoms with Crippen molar-refractivity contribution in [2.75, 3.05) is 12.4 Å². The number of aromatic nitrogens is 4. The Morgan fingerprint density at radius 1 is 1.09 bits per heavy atom. The van der Waals surface area contributed by atoms with Crippen LogP contribution in [0.25, 0.3) is 0 Å². The third-order valence-corrected chi connectivity index (χ3v) is 3.31. The zero-order valence-corrected chi connectivity index (χ0v) is 13.3. The van der Waals surface area contributed by atoms with E-state index in [9.17, 15) is 9.59 Å². The number of aryl methyl sites for hydroxylation is 2. The second kappa shape index (κ2) is 6.61. The van der Waals surface area contributed by atoms with Gasteiger partial charge >= 0.3 is 0 Å². The summed E-state index contributed by atoms with van der Waals surface area (Å²) >= 11 is 6.00. The van der Waals surface area contributed by atoms with Gasteiger partial charge in [-0.1, -0.05) is 11.6 Å². The topological polar surface area (TPSA) is 93.8 Å². The summed E-state index contributed by atoms with van der Waals surface area (Å²) in [6.45, 7) is 4.95. The van der Waals surface area contributed by atoms with Gasteiger partial charge < -0.3 is 10.6 Å². The van der Waals surface area contributed by atoms with Crippen LogP contribution < -0.4 is 10.6 Å². The Hall–Kier alpha value is -2.35. The highest BCUT2D eigenvalue weighted by Gasteiger charge is 2.21. The van der Waals surface area contributed by atoms with Crippen molar-refractivity contribution in [1.29, 1.82) is 0 Å². The average Bonchev–Trinajstić information content (AvgIpc) is 3.09. The Morgan fingerprint density at radius 3 is 2.23 bits per heavy atom. The Balaban J connectivity index is 2.29. The zero-order chi connectivity index (χ0) is 16.3. The van der Waals surface area contributed by atoms with Crippen LogP contribution in [-0.4, -0.2) is 38.4 Å². The molecule has 118 valence electrons. The van der Waals surface area contributed by atoms with Gasteiger partial charge in [0, 0.05) is 32.5 Å². The molecule has 0 unspecified atom stereocenters. The van der Waals surface area contributed by atoms with Crippen LogP contribution in [0.3, 0.4) is 0 Å². The molecule has 9 heteroatoms.